The van der Waals surface area contributed by atoms with Crippen LogP contribution in [0, 0.1) is 10.1 Å². The predicted octanol–water partition coefficient (Wildman–Crippen LogP) is -1.67. The molecule has 0 amide bonds. The van der Waals surface area contributed by atoms with E-state index in [9.17, 15) is 0 Å². The van der Waals surface area contributed by atoms with E-state index in [1.165, 1.54) is 0 Å². The van der Waals surface area contributed by atoms with Gasteiger partial charge in [0, 0.05) is 25.8 Å². The molecule has 3 nitrogen and oxygen atoms in total. The normalized spacial score (nSPS) is 3.00. The topological polar surface area (TPSA) is 54.1 Å². The number of hydrogen-bond acceptors (Lipinski definition) is 2. The Bertz CT molecular complexity index is 13.5. The van der Waals surface area contributed by atoms with Gasteiger partial charge in [0.15, 0.2) is 0 Å². The molecule has 0 bridgehead atoms. The first-order valence-electron chi connectivity index (χ1n) is 0.408. The van der Waals surface area contributed by atoms with Gasteiger partial charge in [-0.15, -0.1) is 0 Å². The van der Waals surface area contributed by atoms with Gasteiger partial charge in [-0.25, -0.2) is 0 Å². The van der Waals surface area contributed by atoms with E-state index < -0.39 is 0 Å². The number of nitrogens with one attached hydrogen (secondary N) is 1. The molecule has 0 saturated heterocycles. The van der Waals surface area contributed by atoms with Gasteiger partial charge in [0.05, 0.1) is 0 Å². The van der Waals surface area contributed by atoms with Crippen molar-refractivity contribution in [1.82, 2.24) is 0 Å². The summed E-state index contributed by atoms with van der Waals surface area (Å²) >= 11 is 0. The van der Waals surface area contributed by atoms with Crippen LogP contribution in [0.5, 0.6) is 0 Å². The van der Waals surface area contributed by atoms with Crippen molar-refractivity contribution in [2.45, 2.75) is 0 Å². The molecule has 0 unspecified atom stereocenters. The standard InChI is InChI=1S/HNO2.Pd/c2-1-3;/h1H;. The van der Waals surface area contributed by atoms with E-state index in [0.29, 0.717) is 0 Å². The van der Waals surface area contributed by atoms with Gasteiger partial charge in [0.1, 0.15) is 0 Å². The molecular weight excluding hydrogens is 152 g/mol. The van der Waals surface area contributed by atoms with Crippen LogP contribution in [0.4, 0.5) is 0 Å². The summed E-state index contributed by atoms with van der Waals surface area (Å²) in [5, 5.41) is 8.38. The molecule has 0 aliphatic rings. The number of hydrogen-bond donors (Lipinski definition) is 1. The van der Waals surface area contributed by atoms with E-state index in [-0.39, 0.29) is 25.8 Å². The Morgan fingerprint density at radius 2 is 1.75 bits per heavy atom. The number of rotatable bonds is 0. The summed E-state index contributed by atoms with van der Waals surface area (Å²) in [4.78, 5) is 8.12. The molecule has 0 radical (unpaired) electrons. The fraction of sp³-hybridized carbons (Fsp3) is 0. The second-order valence-corrected chi connectivity index (χ2v) is 0.0833. The SMILES string of the molecule is O=[NH+][O-].[Pd]. The minimum Gasteiger partial charge on any atom is -0.267 e. The van der Waals surface area contributed by atoms with Gasteiger partial charge in [0.2, 0.25) is 0 Å². The van der Waals surface area contributed by atoms with Crippen molar-refractivity contribution >= 4 is 0 Å². The zero-order valence-electron chi connectivity index (χ0n) is 1.63. The Hall–Kier alpha value is 0.0623. The van der Waals surface area contributed by atoms with Crippen molar-refractivity contribution in [2.24, 2.45) is 0 Å². The second kappa shape index (κ2) is 11.5. The van der Waals surface area contributed by atoms with Gasteiger partial charge in [-0.05, 0) is 0 Å². The molecule has 0 rings (SSSR count). The van der Waals surface area contributed by atoms with Crippen LogP contribution in [-0.2, 0) is 20.4 Å². The average Bonchev–Trinajstić information content (AvgIpc) is 0.918. The fourth-order valence-electron chi connectivity index (χ4n) is 0. The molecule has 0 atom stereocenters. The Kier molecular flexibility index (Phi) is 25.8. The van der Waals surface area contributed by atoms with E-state index in [2.05, 4.69) is 0 Å². The maximum absolute atomic E-state index is 8.12. The molecule has 4 heavy (non-hydrogen) atoms. The van der Waals surface area contributed by atoms with Gasteiger partial charge in [-0.1, -0.05) is 0 Å². The largest absolute Gasteiger partial charge is 0.267 e. The van der Waals surface area contributed by atoms with E-state index >= 15 is 0 Å². The molecule has 0 aromatic carbocycles. The van der Waals surface area contributed by atoms with Gasteiger partial charge < -0.3 is 0 Å². The van der Waals surface area contributed by atoms with Crippen LogP contribution < -0.4 is 5.34 Å². The quantitative estimate of drug-likeness (QED) is 0.257. The zero-order chi connectivity index (χ0) is 2.71. The van der Waals surface area contributed by atoms with E-state index in [0.717, 1.165) is 0 Å². The summed E-state index contributed by atoms with van der Waals surface area (Å²) < 4.78 is 0. The first-order chi connectivity index (χ1) is 1.41. The molecule has 0 fully saturated rings. The zero-order valence-corrected chi connectivity index (χ0v) is 3.19. The molecule has 0 heterocycles. The molecule has 4 heteroatoms. The Labute approximate surface area is 36.6 Å². The summed E-state index contributed by atoms with van der Waals surface area (Å²) in [5.74, 6) is 0. The maximum Gasteiger partial charge on any atom is 0.00366 e. The predicted molar refractivity (Wildman–Crippen MR) is 7.70 cm³/mol. The molecule has 0 aliphatic carbocycles. The third kappa shape index (κ3) is 599. The van der Waals surface area contributed by atoms with Crippen molar-refractivity contribution < 1.29 is 25.8 Å². The minimum absolute atomic E-state index is 0. The van der Waals surface area contributed by atoms with Crippen LogP contribution in [0.25, 0.3) is 0 Å². The minimum atomic E-state index is 0. The molecule has 0 saturated carbocycles. The van der Waals surface area contributed by atoms with Crippen LogP contribution in [0.3, 0.4) is 0 Å². The van der Waals surface area contributed by atoms with Gasteiger partial charge in [-0.3, -0.25) is 10.1 Å². The van der Waals surface area contributed by atoms with Gasteiger partial charge in [-0.2, -0.15) is 0 Å². The molecule has 0 spiro atoms. The molecule has 0 aliphatic heterocycles. The molecular formula is HNO2Pd. The van der Waals surface area contributed by atoms with Crippen molar-refractivity contribution in [1.29, 1.82) is 0 Å². The van der Waals surface area contributed by atoms with Crippen LogP contribution in [-0.4, -0.2) is 0 Å². The monoisotopic (exact) mass is 153 g/mol. The van der Waals surface area contributed by atoms with E-state index in [4.69, 9.17) is 10.1 Å². The third-order valence-electron chi connectivity index (χ3n) is 0. The summed E-state index contributed by atoms with van der Waals surface area (Å²) in [5.41, 5.74) is 0. The van der Waals surface area contributed by atoms with Gasteiger partial charge in [0.25, 0.3) is 0 Å². The van der Waals surface area contributed by atoms with Crippen molar-refractivity contribution in [3.05, 3.63) is 10.1 Å². The average molecular weight is 153 g/mol. The van der Waals surface area contributed by atoms with Crippen molar-refractivity contribution in [2.75, 3.05) is 0 Å². The Morgan fingerprint density at radius 3 is 1.75 bits per heavy atom. The van der Waals surface area contributed by atoms with Crippen molar-refractivity contribution in [3.8, 4) is 0 Å². The second-order valence-electron chi connectivity index (χ2n) is 0.0833. The maximum atomic E-state index is 8.12. The first kappa shape index (κ1) is 8.96. The van der Waals surface area contributed by atoms with E-state index in [1.807, 2.05) is 0 Å². The summed E-state index contributed by atoms with van der Waals surface area (Å²) in [6, 6.07) is 0. The summed E-state index contributed by atoms with van der Waals surface area (Å²) in [6.45, 7) is 0. The van der Waals surface area contributed by atoms with Crippen LogP contribution in [0.2, 0.25) is 0 Å². The summed E-state index contributed by atoms with van der Waals surface area (Å²) in [6.07, 6.45) is 0. The van der Waals surface area contributed by atoms with Gasteiger partial charge >= 0.3 is 0 Å². The fourth-order valence-corrected chi connectivity index (χ4v) is 0. The smallest absolute Gasteiger partial charge is 0.00366 e. The van der Waals surface area contributed by atoms with E-state index in [1.54, 1.807) is 0 Å². The van der Waals surface area contributed by atoms with Crippen molar-refractivity contribution in [3.63, 3.8) is 0 Å². The molecule has 28 valence electrons. The third-order valence-corrected chi connectivity index (χ3v) is 0. The van der Waals surface area contributed by atoms with Crippen LogP contribution in [0.15, 0.2) is 0 Å². The first-order valence-corrected chi connectivity index (χ1v) is 0.408. The Morgan fingerprint density at radius 1 is 1.75 bits per heavy atom. The molecule has 1 N–H and O–H groups in total. The Balaban J connectivity index is 0. The van der Waals surface area contributed by atoms with Crippen LogP contribution >= 0.6 is 0 Å². The molecule has 0 aromatic heterocycles. The summed E-state index contributed by atoms with van der Waals surface area (Å²) in [7, 11) is 0. The van der Waals surface area contributed by atoms with Crippen LogP contribution in [0.1, 0.15) is 0 Å². The molecule has 0 aromatic rings.